The standard InChI is InChI=1S/C12H19BrN4/c1-8-7-17(2)4-3-11(8)16-12-10(14)5-9(13)6-15-12/h5-6,8,11H,3-4,7,14H2,1-2H3,(H,15,16). The number of rotatable bonds is 2. The third-order valence-corrected chi connectivity index (χ3v) is 3.75. The van der Waals surface area contributed by atoms with Crippen LogP contribution in [0.4, 0.5) is 11.5 Å². The Labute approximate surface area is 111 Å². The van der Waals surface area contributed by atoms with Gasteiger partial charge in [0.25, 0.3) is 0 Å². The smallest absolute Gasteiger partial charge is 0.149 e. The number of aromatic nitrogens is 1. The van der Waals surface area contributed by atoms with Gasteiger partial charge in [-0.3, -0.25) is 0 Å². The Kier molecular flexibility index (Phi) is 3.89. The van der Waals surface area contributed by atoms with Crippen LogP contribution in [0.25, 0.3) is 0 Å². The van der Waals surface area contributed by atoms with E-state index in [1.807, 2.05) is 6.07 Å². The minimum Gasteiger partial charge on any atom is -0.396 e. The first-order chi connectivity index (χ1) is 8.06. The van der Waals surface area contributed by atoms with E-state index in [1.54, 1.807) is 6.20 Å². The largest absolute Gasteiger partial charge is 0.396 e. The van der Waals surface area contributed by atoms with Gasteiger partial charge in [-0.05, 0) is 47.9 Å². The number of nitrogens with one attached hydrogen (secondary N) is 1. The molecule has 1 saturated heterocycles. The Balaban J connectivity index is 2.05. The van der Waals surface area contributed by atoms with E-state index in [0.29, 0.717) is 17.6 Å². The Morgan fingerprint density at radius 3 is 3.00 bits per heavy atom. The predicted octanol–water partition coefficient (Wildman–Crippen LogP) is 2.18. The molecule has 0 amide bonds. The summed E-state index contributed by atoms with van der Waals surface area (Å²) in [5.41, 5.74) is 6.65. The van der Waals surface area contributed by atoms with Gasteiger partial charge in [-0.15, -0.1) is 0 Å². The van der Waals surface area contributed by atoms with E-state index in [0.717, 1.165) is 29.8 Å². The lowest BCUT2D eigenvalue weighted by atomic mass is 9.94. The van der Waals surface area contributed by atoms with Gasteiger partial charge in [0.05, 0.1) is 5.69 Å². The van der Waals surface area contributed by atoms with E-state index in [1.165, 1.54) is 0 Å². The molecule has 0 aliphatic carbocycles. The first-order valence-electron chi connectivity index (χ1n) is 5.92. The number of hydrogen-bond acceptors (Lipinski definition) is 4. The molecule has 0 bridgehead atoms. The van der Waals surface area contributed by atoms with Gasteiger partial charge in [0.15, 0.2) is 0 Å². The van der Waals surface area contributed by atoms with Gasteiger partial charge in [0.2, 0.25) is 0 Å². The maximum Gasteiger partial charge on any atom is 0.149 e. The van der Waals surface area contributed by atoms with Crippen LogP contribution in [-0.4, -0.2) is 36.1 Å². The summed E-state index contributed by atoms with van der Waals surface area (Å²) in [4.78, 5) is 6.69. The second-order valence-electron chi connectivity index (χ2n) is 4.87. The van der Waals surface area contributed by atoms with Gasteiger partial charge in [-0.2, -0.15) is 0 Å². The summed E-state index contributed by atoms with van der Waals surface area (Å²) in [7, 11) is 2.17. The molecular formula is C12H19BrN4. The molecule has 94 valence electrons. The molecule has 4 nitrogen and oxygen atoms in total. The summed E-state index contributed by atoms with van der Waals surface area (Å²) in [5, 5.41) is 3.46. The van der Waals surface area contributed by atoms with Crippen LogP contribution in [0, 0.1) is 5.92 Å². The van der Waals surface area contributed by atoms with E-state index in [4.69, 9.17) is 5.73 Å². The molecule has 2 atom stereocenters. The summed E-state index contributed by atoms with van der Waals surface area (Å²) in [6, 6.07) is 2.34. The second kappa shape index (κ2) is 5.23. The maximum atomic E-state index is 5.95. The van der Waals surface area contributed by atoms with Gasteiger partial charge in [0.1, 0.15) is 5.82 Å². The van der Waals surface area contributed by atoms with Crippen LogP contribution in [0.5, 0.6) is 0 Å². The molecule has 1 fully saturated rings. The molecule has 0 saturated carbocycles. The van der Waals surface area contributed by atoms with Gasteiger partial charge in [-0.1, -0.05) is 6.92 Å². The maximum absolute atomic E-state index is 5.95. The Morgan fingerprint density at radius 1 is 1.59 bits per heavy atom. The van der Waals surface area contributed by atoms with Gasteiger partial charge in [0, 0.05) is 23.3 Å². The first kappa shape index (κ1) is 12.6. The zero-order valence-corrected chi connectivity index (χ0v) is 11.9. The van der Waals surface area contributed by atoms with Crippen LogP contribution in [0.1, 0.15) is 13.3 Å². The molecule has 0 spiro atoms. The van der Waals surface area contributed by atoms with Crippen molar-refractivity contribution in [2.75, 3.05) is 31.2 Å². The van der Waals surface area contributed by atoms with Crippen molar-refractivity contribution in [1.82, 2.24) is 9.88 Å². The number of nitrogens with two attached hydrogens (primary N) is 1. The fraction of sp³-hybridized carbons (Fsp3) is 0.583. The van der Waals surface area contributed by atoms with Crippen molar-refractivity contribution in [2.24, 2.45) is 5.92 Å². The minimum absolute atomic E-state index is 0.460. The number of hydrogen-bond donors (Lipinski definition) is 2. The topological polar surface area (TPSA) is 54.2 Å². The monoisotopic (exact) mass is 298 g/mol. The van der Waals surface area contributed by atoms with Crippen LogP contribution < -0.4 is 11.1 Å². The van der Waals surface area contributed by atoms with Crippen molar-refractivity contribution in [1.29, 1.82) is 0 Å². The third kappa shape index (κ3) is 3.10. The number of likely N-dealkylation sites (tertiary alicyclic amines) is 1. The van der Waals surface area contributed by atoms with Crippen LogP contribution in [0.15, 0.2) is 16.7 Å². The number of piperidine rings is 1. The molecule has 5 heteroatoms. The number of pyridine rings is 1. The molecule has 0 aromatic carbocycles. The normalized spacial score (nSPS) is 25.8. The van der Waals surface area contributed by atoms with Crippen LogP contribution in [-0.2, 0) is 0 Å². The molecule has 0 radical (unpaired) electrons. The van der Waals surface area contributed by atoms with E-state index in [-0.39, 0.29) is 0 Å². The lowest BCUT2D eigenvalue weighted by Gasteiger charge is -2.35. The Morgan fingerprint density at radius 2 is 2.35 bits per heavy atom. The number of nitrogens with zero attached hydrogens (tertiary/aromatic N) is 2. The quantitative estimate of drug-likeness (QED) is 0.879. The van der Waals surface area contributed by atoms with Gasteiger partial charge in [-0.25, -0.2) is 4.98 Å². The van der Waals surface area contributed by atoms with Crippen LogP contribution in [0.3, 0.4) is 0 Å². The molecule has 2 heterocycles. The summed E-state index contributed by atoms with van der Waals surface area (Å²) in [6.45, 7) is 4.51. The van der Waals surface area contributed by atoms with E-state index >= 15 is 0 Å². The van der Waals surface area contributed by atoms with Crippen LogP contribution >= 0.6 is 15.9 Å². The highest BCUT2D eigenvalue weighted by Gasteiger charge is 2.24. The van der Waals surface area contributed by atoms with E-state index in [2.05, 4.69) is 45.1 Å². The molecule has 1 aliphatic rings. The molecule has 3 N–H and O–H groups in total. The lowest BCUT2D eigenvalue weighted by molar-refractivity contribution is 0.206. The van der Waals surface area contributed by atoms with Gasteiger partial charge >= 0.3 is 0 Å². The van der Waals surface area contributed by atoms with Gasteiger partial charge < -0.3 is 16.0 Å². The van der Waals surface area contributed by atoms with Crippen molar-refractivity contribution in [2.45, 2.75) is 19.4 Å². The fourth-order valence-corrected chi connectivity index (χ4v) is 2.67. The molecule has 2 unspecified atom stereocenters. The average molecular weight is 299 g/mol. The molecule has 1 aliphatic heterocycles. The lowest BCUT2D eigenvalue weighted by Crippen LogP contribution is -2.43. The Hall–Kier alpha value is -0.810. The number of anilines is 2. The second-order valence-corrected chi connectivity index (χ2v) is 5.79. The van der Waals surface area contributed by atoms with E-state index < -0.39 is 0 Å². The van der Waals surface area contributed by atoms with Crippen molar-refractivity contribution in [3.8, 4) is 0 Å². The molecule has 2 rings (SSSR count). The zero-order valence-electron chi connectivity index (χ0n) is 10.3. The molecule has 17 heavy (non-hydrogen) atoms. The predicted molar refractivity (Wildman–Crippen MR) is 75.0 cm³/mol. The van der Waals surface area contributed by atoms with Crippen LogP contribution in [0.2, 0.25) is 0 Å². The fourth-order valence-electron chi connectivity index (χ4n) is 2.32. The summed E-state index contributed by atoms with van der Waals surface area (Å²) in [5.74, 6) is 1.41. The van der Waals surface area contributed by atoms with E-state index in [9.17, 15) is 0 Å². The minimum atomic E-state index is 0.460. The highest BCUT2D eigenvalue weighted by molar-refractivity contribution is 9.10. The summed E-state index contributed by atoms with van der Waals surface area (Å²) >= 11 is 3.36. The summed E-state index contributed by atoms with van der Waals surface area (Å²) in [6.07, 6.45) is 2.91. The Bertz CT molecular complexity index is 396. The number of nitrogen functional groups attached to an aromatic ring is 1. The molecule has 1 aromatic rings. The van der Waals surface area contributed by atoms with Crippen molar-refractivity contribution >= 4 is 27.4 Å². The summed E-state index contributed by atoms with van der Waals surface area (Å²) < 4.78 is 0.914. The average Bonchev–Trinajstić information content (AvgIpc) is 2.25. The zero-order chi connectivity index (χ0) is 12.4. The molecular weight excluding hydrogens is 280 g/mol. The third-order valence-electron chi connectivity index (χ3n) is 3.31. The highest BCUT2D eigenvalue weighted by Crippen LogP contribution is 2.24. The number of halogens is 1. The highest BCUT2D eigenvalue weighted by atomic mass is 79.9. The SMILES string of the molecule is CC1CN(C)CCC1Nc1ncc(Br)cc1N. The first-order valence-corrected chi connectivity index (χ1v) is 6.71. The molecule has 1 aromatic heterocycles. The van der Waals surface area contributed by atoms with Crippen molar-refractivity contribution in [3.05, 3.63) is 16.7 Å². The van der Waals surface area contributed by atoms with Crippen molar-refractivity contribution < 1.29 is 0 Å². The van der Waals surface area contributed by atoms with Crippen molar-refractivity contribution in [3.63, 3.8) is 0 Å².